The summed E-state index contributed by atoms with van der Waals surface area (Å²) >= 11 is 0. The highest BCUT2D eigenvalue weighted by Gasteiger charge is 2.35. The molecule has 0 unspecified atom stereocenters. The first-order valence-electron chi connectivity index (χ1n) is 5.58. The number of carbonyl (C=O) groups excluding carboxylic acids is 1. The van der Waals surface area contributed by atoms with Crippen LogP contribution in [0.5, 0.6) is 5.75 Å². The van der Waals surface area contributed by atoms with E-state index in [9.17, 15) is 4.79 Å². The Bertz CT molecular complexity index is 455. The van der Waals surface area contributed by atoms with Gasteiger partial charge in [-0.15, -0.1) is 0 Å². The van der Waals surface area contributed by atoms with Gasteiger partial charge in [0, 0.05) is 12.0 Å². The van der Waals surface area contributed by atoms with Crippen molar-refractivity contribution in [3.8, 4) is 5.75 Å². The summed E-state index contributed by atoms with van der Waals surface area (Å²) in [5.74, 6) is 0.590. The van der Waals surface area contributed by atoms with E-state index in [1.165, 1.54) is 0 Å². The molecule has 1 aliphatic rings. The smallest absolute Gasteiger partial charge is 0.334 e. The highest BCUT2D eigenvalue weighted by molar-refractivity contribution is 5.96. The van der Waals surface area contributed by atoms with Gasteiger partial charge in [0.2, 0.25) is 0 Å². The molecule has 1 heterocycles. The summed E-state index contributed by atoms with van der Waals surface area (Å²) in [4.78, 5) is 11.6. The summed E-state index contributed by atoms with van der Waals surface area (Å²) < 4.78 is 10.3. The van der Waals surface area contributed by atoms with E-state index in [1.54, 1.807) is 7.11 Å². The van der Waals surface area contributed by atoms with Gasteiger partial charge in [-0.3, -0.25) is 0 Å². The summed E-state index contributed by atoms with van der Waals surface area (Å²) in [6, 6.07) is 7.59. The van der Waals surface area contributed by atoms with Crippen molar-refractivity contribution in [1.29, 1.82) is 0 Å². The SMILES string of the molecule is COc1ccc(/C=C2/CC(C)(C)OC2=O)cc1. The predicted molar refractivity (Wildman–Crippen MR) is 65.8 cm³/mol. The molecule has 0 N–H and O–H groups in total. The van der Waals surface area contributed by atoms with Crippen LogP contribution in [0.15, 0.2) is 29.8 Å². The minimum atomic E-state index is -0.380. The Morgan fingerprint density at radius 3 is 2.41 bits per heavy atom. The topological polar surface area (TPSA) is 35.5 Å². The minimum absolute atomic E-state index is 0.217. The van der Waals surface area contributed by atoms with Crippen molar-refractivity contribution in [2.24, 2.45) is 0 Å². The van der Waals surface area contributed by atoms with E-state index < -0.39 is 0 Å². The Hall–Kier alpha value is -1.77. The van der Waals surface area contributed by atoms with Crippen LogP contribution in [0.3, 0.4) is 0 Å². The van der Waals surface area contributed by atoms with E-state index in [1.807, 2.05) is 44.2 Å². The van der Waals surface area contributed by atoms with Gasteiger partial charge in [0.25, 0.3) is 0 Å². The van der Waals surface area contributed by atoms with Crippen molar-refractivity contribution >= 4 is 12.0 Å². The molecular formula is C14H16O3. The van der Waals surface area contributed by atoms with Crippen molar-refractivity contribution in [1.82, 2.24) is 0 Å². The Balaban J connectivity index is 2.21. The van der Waals surface area contributed by atoms with Gasteiger partial charge < -0.3 is 9.47 Å². The molecule has 17 heavy (non-hydrogen) atoms. The molecule has 0 spiro atoms. The number of carbonyl (C=O) groups is 1. The summed E-state index contributed by atoms with van der Waals surface area (Å²) in [7, 11) is 1.63. The second-order valence-corrected chi connectivity index (χ2v) is 4.77. The van der Waals surface area contributed by atoms with Crippen LogP contribution < -0.4 is 4.74 Å². The third-order valence-corrected chi connectivity index (χ3v) is 2.70. The van der Waals surface area contributed by atoms with E-state index >= 15 is 0 Å². The van der Waals surface area contributed by atoms with Crippen LogP contribution in [0.25, 0.3) is 6.08 Å². The molecule has 0 aliphatic carbocycles. The van der Waals surface area contributed by atoms with Gasteiger partial charge in [0.05, 0.1) is 7.11 Å². The maximum absolute atomic E-state index is 11.6. The molecule has 3 nitrogen and oxygen atoms in total. The number of hydrogen-bond acceptors (Lipinski definition) is 3. The van der Waals surface area contributed by atoms with Crippen LogP contribution in [-0.2, 0) is 9.53 Å². The molecule has 0 saturated carbocycles. The predicted octanol–water partition coefficient (Wildman–Crippen LogP) is 2.80. The van der Waals surface area contributed by atoms with Crippen molar-refractivity contribution in [2.45, 2.75) is 25.9 Å². The number of hydrogen-bond donors (Lipinski definition) is 0. The molecule has 0 radical (unpaired) electrons. The van der Waals surface area contributed by atoms with E-state index in [-0.39, 0.29) is 11.6 Å². The lowest BCUT2D eigenvalue weighted by molar-refractivity contribution is -0.143. The third-order valence-electron chi connectivity index (χ3n) is 2.70. The summed E-state index contributed by atoms with van der Waals surface area (Å²) in [6.07, 6.45) is 2.52. The number of benzene rings is 1. The molecule has 0 atom stereocenters. The van der Waals surface area contributed by atoms with Gasteiger partial charge in [-0.2, -0.15) is 0 Å². The molecule has 0 aromatic heterocycles. The maximum Gasteiger partial charge on any atom is 0.334 e. The largest absolute Gasteiger partial charge is 0.497 e. The fraction of sp³-hybridized carbons (Fsp3) is 0.357. The van der Waals surface area contributed by atoms with Crippen LogP contribution in [-0.4, -0.2) is 18.7 Å². The van der Waals surface area contributed by atoms with Crippen LogP contribution in [0, 0.1) is 0 Å². The zero-order valence-corrected chi connectivity index (χ0v) is 10.3. The number of esters is 1. The van der Waals surface area contributed by atoms with Crippen molar-refractivity contribution < 1.29 is 14.3 Å². The molecule has 90 valence electrons. The molecule has 0 amide bonds. The molecular weight excluding hydrogens is 216 g/mol. The monoisotopic (exact) mass is 232 g/mol. The number of cyclic esters (lactones) is 1. The molecule has 0 bridgehead atoms. The average Bonchev–Trinajstić information content (AvgIpc) is 2.53. The first-order valence-corrected chi connectivity index (χ1v) is 5.58. The Kier molecular flexibility index (Phi) is 2.92. The lowest BCUT2D eigenvalue weighted by Gasteiger charge is -2.13. The highest BCUT2D eigenvalue weighted by Crippen LogP contribution is 2.31. The zero-order valence-electron chi connectivity index (χ0n) is 10.3. The van der Waals surface area contributed by atoms with Crippen molar-refractivity contribution in [3.05, 3.63) is 35.4 Å². The van der Waals surface area contributed by atoms with Gasteiger partial charge in [-0.05, 0) is 37.6 Å². The summed E-state index contributed by atoms with van der Waals surface area (Å²) in [5.41, 5.74) is 1.32. The van der Waals surface area contributed by atoms with E-state index in [2.05, 4.69) is 0 Å². The van der Waals surface area contributed by atoms with Crippen LogP contribution in [0.2, 0.25) is 0 Å². The van der Waals surface area contributed by atoms with Gasteiger partial charge in [0.1, 0.15) is 11.4 Å². The van der Waals surface area contributed by atoms with Crippen molar-refractivity contribution in [2.75, 3.05) is 7.11 Å². The van der Waals surface area contributed by atoms with Gasteiger partial charge >= 0.3 is 5.97 Å². The second-order valence-electron chi connectivity index (χ2n) is 4.77. The van der Waals surface area contributed by atoms with Gasteiger partial charge in [0.15, 0.2) is 0 Å². The normalized spacial score (nSPS) is 20.4. The summed E-state index contributed by atoms with van der Waals surface area (Å²) in [6.45, 7) is 3.83. The van der Waals surface area contributed by atoms with Crippen molar-refractivity contribution in [3.63, 3.8) is 0 Å². The van der Waals surface area contributed by atoms with E-state index in [4.69, 9.17) is 9.47 Å². The maximum atomic E-state index is 11.6. The van der Waals surface area contributed by atoms with Crippen LogP contribution >= 0.6 is 0 Å². The fourth-order valence-corrected chi connectivity index (χ4v) is 1.89. The average molecular weight is 232 g/mol. The number of rotatable bonds is 2. The first kappa shape index (κ1) is 11.7. The third kappa shape index (κ3) is 2.67. The summed E-state index contributed by atoms with van der Waals surface area (Å²) in [5, 5.41) is 0. The Morgan fingerprint density at radius 2 is 1.94 bits per heavy atom. The van der Waals surface area contributed by atoms with Crippen LogP contribution in [0.4, 0.5) is 0 Å². The molecule has 1 aromatic carbocycles. The van der Waals surface area contributed by atoms with Gasteiger partial charge in [-0.1, -0.05) is 12.1 Å². The molecule has 1 aliphatic heterocycles. The second kappa shape index (κ2) is 4.24. The molecule has 1 aromatic rings. The zero-order chi connectivity index (χ0) is 12.5. The first-order chi connectivity index (χ1) is 8.00. The molecule has 1 saturated heterocycles. The number of ether oxygens (including phenoxy) is 2. The van der Waals surface area contributed by atoms with Crippen LogP contribution in [0.1, 0.15) is 25.8 Å². The Labute approximate surface area is 101 Å². The lowest BCUT2D eigenvalue weighted by Crippen LogP contribution is -2.17. The lowest BCUT2D eigenvalue weighted by atomic mass is 10.0. The number of methoxy groups -OCH3 is 1. The molecule has 2 rings (SSSR count). The fourth-order valence-electron chi connectivity index (χ4n) is 1.89. The van der Waals surface area contributed by atoms with E-state index in [0.29, 0.717) is 6.42 Å². The van der Waals surface area contributed by atoms with E-state index in [0.717, 1.165) is 16.9 Å². The molecule has 1 fully saturated rings. The quantitative estimate of drug-likeness (QED) is 0.581. The standard InChI is InChI=1S/C14H16O3/c1-14(2)9-11(13(15)17-14)8-10-4-6-12(16-3)7-5-10/h4-8H,9H2,1-3H3/b11-8-. The molecule has 3 heteroatoms. The Morgan fingerprint density at radius 1 is 1.29 bits per heavy atom. The highest BCUT2D eigenvalue weighted by atomic mass is 16.6. The minimum Gasteiger partial charge on any atom is -0.497 e. The van der Waals surface area contributed by atoms with Gasteiger partial charge in [-0.25, -0.2) is 4.79 Å².